The number of hydrogen-bond donors (Lipinski definition) is 2. The van der Waals surface area contributed by atoms with Crippen LogP contribution in [0.2, 0.25) is 0 Å². The van der Waals surface area contributed by atoms with Gasteiger partial charge in [0.05, 0.1) is 13.2 Å². The molecule has 3 aromatic rings. The van der Waals surface area contributed by atoms with E-state index in [1.807, 2.05) is 54.6 Å². The first-order valence-corrected chi connectivity index (χ1v) is 11.4. The highest BCUT2D eigenvalue weighted by Crippen LogP contribution is 2.20. The molecule has 0 aromatic heterocycles. The van der Waals surface area contributed by atoms with Gasteiger partial charge in [0.1, 0.15) is 5.75 Å². The maximum Gasteiger partial charge on any atom is 0.265 e. The highest BCUT2D eigenvalue weighted by molar-refractivity contribution is 5.95. The Hall–Kier alpha value is -3.84. The Kier molecular flexibility index (Phi) is 7.78. The second-order valence-corrected chi connectivity index (χ2v) is 8.09. The minimum absolute atomic E-state index is 0.202. The van der Waals surface area contributed by atoms with Gasteiger partial charge < -0.3 is 25.0 Å². The van der Waals surface area contributed by atoms with Gasteiger partial charge in [0, 0.05) is 36.6 Å². The first kappa shape index (κ1) is 23.3. The second-order valence-electron chi connectivity index (χ2n) is 8.09. The van der Waals surface area contributed by atoms with Crippen molar-refractivity contribution in [1.29, 1.82) is 0 Å². The monoisotopic (exact) mass is 459 g/mol. The van der Waals surface area contributed by atoms with Gasteiger partial charge in [-0.25, -0.2) is 0 Å². The molecule has 3 aromatic carbocycles. The van der Waals surface area contributed by atoms with Crippen molar-refractivity contribution in [3.05, 3.63) is 90.0 Å². The van der Waals surface area contributed by atoms with Gasteiger partial charge in [-0.2, -0.15) is 0 Å². The summed E-state index contributed by atoms with van der Waals surface area (Å²) >= 11 is 0. The number of carbonyl (C=O) groups is 2. The van der Waals surface area contributed by atoms with Gasteiger partial charge in [0.2, 0.25) is 0 Å². The van der Waals surface area contributed by atoms with Gasteiger partial charge in [-0.15, -0.1) is 0 Å². The van der Waals surface area contributed by atoms with E-state index in [0.717, 1.165) is 37.6 Å². The molecule has 0 bridgehead atoms. The molecule has 0 spiro atoms. The third-order valence-corrected chi connectivity index (χ3v) is 5.59. The van der Waals surface area contributed by atoms with E-state index in [2.05, 4.69) is 15.5 Å². The summed E-state index contributed by atoms with van der Waals surface area (Å²) in [5.41, 5.74) is 3.30. The lowest BCUT2D eigenvalue weighted by atomic mass is 10.2. The van der Waals surface area contributed by atoms with E-state index < -0.39 is 6.10 Å². The lowest BCUT2D eigenvalue weighted by molar-refractivity contribution is -0.122. The topological polar surface area (TPSA) is 79.9 Å². The Bertz CT molecular complexity index is 1100. The Morgan fingerprint density at radius 2 is 1.71 bits per heavy atom. The average Bonchev–Trinajstić information content (AvgIpc) is 2.89. The predicted octanol–water partition coefficient (Wildman–Crippen LogP) is 3.86. The molecule has 0 saturated carbocycles. The molecule has 1 aliphatic rings. The molecular weight excluding hydrogens is 430 g/mol. The van der Waals surface area contributed by atoms with Crippen molar-refractivity contribution in [1.82, 2.24) is 5.32 Å². The van der Waals surface area contributed by atoms with E-state index in [1.54, 1.807) is 31.2 Å². The van der Waals surface area contributed by atoms with E-state index in [4.69, 9.17) is 9.47 Å². The first-order chi connectivity index (χ1) is 16.6. The molecule has 4 rings (SSSR count). The molecule has 1 fully saturated rings. The quantitative estimate of drug-likeness (QED) is 0.535. The van der Waals surface area contributed by atoms with Crippen molar-refractivity contribution < 1.29 is 19.1 Å². The molecule has 1 atom stereocenters. The Labute approximate surface area is 199 Å². The smallest absolute Gasteiger partial charge is 0.265 e. The van der Waals surface area contributed by atoms with E-state index in [9.17, 15) is 9.59 Å². The molecule has 1 saturated heterocycles. The molecule has 1 heterocycles. The largest absolute Gasteiger partial charge is 0.481 e. The van der Waals surface area contributed by atoms with Crippen molar-refractivity contribution in [3.8, 4) is 5.75 Å². The Balaban J connectivity index is 1.30. The van der Waals surface area contributed by atoms with Crippen molar-refractivity contribution in [2.45, 2.75) is 19.6 Å². The fraction of sp³-hybridized carbons (Fsp3) is 0.259. The van der Waals surface area contributed by atoms with Crippen LogP contribution in [0.3, 0.4) is 0 Å². The van der Waals surface area contributed by atoms with E-state index >= 15 is 0 Å². The van der Waals surface area contributed by atoms with E-state index in [1.165, 1.54) is 0 Å². The third-order valence-electron chi connectivity index (χ3n) is 5.59. The van der Waals surface area contributed by atoms with Crippen LogP contribution in [0.25, 0.3) is 0 Å². The zero-order valence-corrected chi connectivity index (χ0v) is 19.2. The lowest BCUT2D eigenvalue weighted by Crippen LogP contribution is -2.36. The fourth-order valence-corrected chi connectivity index (χ4v) is 3.67. The molecule has 2 N–H and O–H groups in total. The fourth-order valence-electron chi connectivity index (χ4n) is 3.67. The molecule has 0 radical (unpaired) electrons. The summed E-state index contributed by atoms with van der Waals surface area (Å²) in [5, 5.41) is 5.78. The molecule has 0 unspecified atom stereocenters. The molecule has 34 heavy (non-hydrogen) atoms. The van der Waals surface area contributed by atoms with Crippen LogP contribution >= 0.6 is 0 Å². The Morgan fingerprint density at radius 1 is 0.971 bits per heavy atom. The van der Waals surface area contributed by atoms with Gasteiger partial charge in [0.15, 0.2) is 6.10 Å². The zero-order chi connectivity index (χ0) is 23.8. The van der Waals surface area contributed by atoms with Crippen molar-refractivity contribution in [2.75, 3.05) is 36.5 Å². The number of rotatable bonds is 8. The molecule has 0 aliphatic carbocycles. The van der Waals surface area contributed by atoms with E-state index in [-0.39, 0.29) is 11.8 Å². The Morgan fingerprint density at radius 3 is 2.44 bits per heavy atom. The summed E-state index contributed by atoms with van der Waals surface area (Å²) in [4.78, 5) is 27.4. The van der Waals surface area contributed by atoms with Crippen LogP contribution in [0.15, 0.2) is 78.9 Å². The van der Waals surface area contributed by atoms with Gasteiger partial charge in [-0.05, 0) is 55.0 Å². The molecule has 2 amide bonds. The normalized spacial score (nSPS) is 14.2. The molecule has 7 nitrogen and oxygen atoms in total. The van der Waals surface area contributed by atoms with Gasteiger partial charge in [-0.3, -0.25) is 9.59 Å². The molecule has 7 heteroatoms. The number of hydrogen-bond acceptors (Lipinski definition) is 5. The van der Waals surface area contributed by atoms with Crippen LogP contribution in [0.5, 0.6) is 5.75 Å². The summed E-state index contributed by atoms with van der Waals surface area (Å²) in [5.74, 6) is -0.0116. The van der Waals surface area contributed by atoms with Crippen LogP contribution in [0.1, 0.15) is 22.8 Å². The van der Waals surface area contributed by atoms with Crippen LogP contribution in [0, 0.1) is 0 Å². The number of benzene rings is 3. The first-order valence-electron chi connectivity index (χ1n) is 11.4. The number of nitrogens with one attached hydrogen (secondary N) is 2. The van der Waals surface area contributed by atoms with Gasteiger partial charge in [0.25, 0.3) is 11.8 Å². The second kappa shape index (κ2) is 11.3. The third kappa shape index (κ3) is 6.36. The van der Waals surface area contributed by atoms with Gasteiger partial charge >= 0.3 is 0 Å². The number of carbonyl (C=O) groups excluding carboxylic acids is 2. The van der Waals surface area contributed by atoms with Gasteiger partial charge in [-0.1, -0.05) is 36.4 Å². The SMILES string of the molecule is C[C@H](Oc1cccc(C(=O)NCc2ccccc2)c1)C(=O)Nc1ccc(N2CCOCC2)cc1. The highest BCUT2D eigenvalue weighted by atomic mass is 16.5. The van der Waals surface area contributed by atoms with Crippen molar-refractivity contribution in [2.24, 2.45) is 0 Å². The summed E-state index contributed by atoms with van der Waals surface area (Å²) < 4.78 is 11.2. The molecular formula is C27H29N3O4. The van der Waals surface area contributed by atoms with Crippen molar-refractivity contribution in [3.63, 3.8) is 0 Å². The number of nitrogens with zero attached hydrogens (tertiary/aromatic N) is 1. The number of ether oxygens (including phenoxy) is 2. The summed E-state index contributed by atoms with van der Waals surface area (Å²) in [6.45, 7) is 5.29. The molecule has 1 aliphatic heterocycles. The summed E-state index contributed by atoms with van der Waals surface area (Å²) in [6, 6.07) is 24.3. The number of morpholine rings is 1. The number of amides is 2. The maximum atomic E-state index is 12.6. The standard InChI is InChI=1S/C27H29N3O4/c1-20(26(31)29-23-10-12-24(13-11-23)30-14-16-33-17-15-30)34-25-9-5-8-22(18-25)27(32)28-19-21-6-3-2-4-7-21/h2-13,18,20H,14-17,19H2,1H3,(H,28,32)(H,29,31)/t20-/m0/s1. The van der Waals surface area contributed by atoms with Crippen LogP contribution in [-0.4, -0.2) is 44.2 Å². The van der Waals surface area contributed by atoms with Crippen LogP contribution in [0.4, 0.5) is 11.4 Å². The summed E-state index contributed by atoms with van der Waals surface area (Å²) in [7, 11) is 0. The highest BCUT2D eigenvalue weighted by Gasteiger charge is 2.17. The lowest BCUT2D eigenvalue weighted by Gasteiger charge is -2.29. The number of anilines is 2. The summed E-state index contributed by atoms with van der Waals surface area (Å²) in [6.07, 6.45) is -0.735. The average molecular weight is 460 g/mol. The van der Waals surface area contributed by atoms with Crippen LogP contribution < -0.4 is 20.3 Å². The van der Waals surface area contributed by atoms with E-state index in [0.29, 0.717) is 23.5 Å². The minimum Gasteiger partial charge on any atom is -0.481 e. The minimum atomic E-state index is -0.735. The van der Waals surface area contributed by atoms with Crippen LogP contribution in [-0.2, 0) is 16.1 Å². The predicted molar refractivity (Wildman–Crippen MR) is 132 cm³/mol. The van der Waals surface area contributed by atoms with Crippen molar-refractivity contribution >= 4 is 23.2 Å². The molecule has 176 valence electrons. The maximum absolute atomic E-state index is 12.6. The zero-order valence-electron chi connectivity index (χ0n) is 19.2.